The summed E-state index contributed by atoms with van der Waals surface area (Å²) >= 11 is 0. The molecule has 1 N–H and O–H groups in total. The van der Waals surface area contributed by atoms with Gasteiger partial charge in [-0.05, 0) is 18.1 Å². The largest absolute Gasteiger partial charge is 0.388 e. The maximum atomic E-state index is 10.8. The molecule has 0 fully saturated rings. The van der Waals surface area contributed by atoms with Crippen LogP contribution >= 0.6 is 0 Å². The lowest BCUT2D eigenvalue weighted by Gasteiger charge is -2.33. The lowest BCUT2D eigenvalue weighted by molar-refractivity contribution is -0.384. The molecule has 2 aromatic carbocycles. The Hall–Kier alpha value is -2.40. The lowest BCUT2D eigenvalue weighted by Crippen LogP contribution is -2.30. The number of nitro benzene ring substituents is 1. The van der Waals surface area contributed by atoms with Crippen molar-refractivity contribution in [3.63, 3.8) is 0 Å². The SMILES string of the molecule is O=[N+]([O-])c1cccc(CN2CCC(O)c3ccccc32)c1. The molecule has 0 amide bonds. The van der Waals surface area contributed by atoms with E-state index in [1.807, 2.05) is 30.3 Å². The first-order valence-electron chi connectivity index (χ1n) is 6.90. The molecule has 5 heteroatoms. The van der Waals surface area contributed by atoms with E-state index in [9.17, 15) is 15.2 Å². The molecule has 108 valence electrons. The second kappa shape index (κ2) is 5.54. The first kappa shape index (κ1) is 13.6. The molecule has 2 aromatic rings. The summed E-state index contributed by atoms with van der Waals surface area (Å²) in [5, 5.41) is 20.9. The van der Waals surface area contributed by atoms with Gasteiger partial charge >= 0.3 is 0 Å². The number of anilines is 1. The predicted octanol–water partition coefficient (Wildman–Crippen LogP) is 3.04. The van der Waals surface area contributed by atoms with Gasteiger partial charge in [0.25, 0.3) is 5.69 Å². The number of hydrogen-bond donors (Lipinski definition) is 1. The molecule has 0 bridgehead atoms. The number of rotatable bonds is 3. The zero-order chi connectivity index (χ0) is 14.8. The molecule has 1 heterocycles. The highest BCUT2D eigenvalue weighted by molar-refractivity contribution is 5.57. The van der Waals surface area contributed by atoms with Crippen LogP contribution in [0, 0.1) is 10.1 Å². The standard InChI is InChI=1S/C16H16N2O3/c19-16-8-9-17(15-7-2-1-6-14(15)16)11-12-4-3-5-13(10-12)18(20)21/h1-7,10,16,19H,8-9,11H2. The van der Waals surface area contributed by atoms with Crippen LogP contribution in [0.3, 0.4) is 0 Å². The minimum Gasteiger partial charge on any atom is -0.388 e. The van der Waals surface area contributed by atoms with Crippen molar-refractivity contribution in [1.29, 1.82) is 0 Å². The van der Waals surface area contributed by atoms with E-state index in [2.05, 4.69) is 4.90 Å². The van der Waals surface area contributed by atoms with Crippen LogP contribution in [0.15, 0.2) is 48.5 Å². The van der Waals surface area contributed by atoms with Crippen LogP contribution in [0.4, 0.5) is 11.4 Å². The first-order valence-corrected chi connectivity index (χ1v) is 6.90. The molecule has 21 heavy (non-hydrogen) atoms. The molecular weight excluding hydrogens is 268 g/mol. The Morgan fingerprint density at radius 3 is 2.86 bits per heavy atom. The lowest BCUT2D eigenvalue weighted by atomic mass is 9.98. The second-order valence-corrected chi connectivity index (χ2v) is 5.21. The van der Waals surface area contributed by atoms with Gasteiger partial charge < -0.3 is 10.0 Å². The van der Waals surface area contributed by atoms with Gasteiger partial charge in [-0.15, -0.1) is 0 Å². The van der Waals surface area contributed by atoms with E-state index in [1.165, 1.54) is 6.07 Å². The van der Waals surface area contributed by atoms with E-state index in [0.717, 1.165) is 23.4 Å². The van der Waals surface area contributed by atoms with E-state index in [-0.39, 0.29) is 10.6 Å². The zero-order valence-corrected chi connectivity index (χ0v) is 11.5. The molecule has 1 aliphatic heterocycles. The first-order chi connectivity index (χ1) is 10.1. The fourth-order valence-corrected chi connectivity index (χ4v) is 2.76. The molecule has 1 aliphatic rings. The molecule has 3 rings (SSSR count). The monoisotopic (exact) mass is 284 g/mol. The summed E-state index contributed by atoms with van der Waals surface area (Å²) in [6.45, 7) is 1.34. The predicted molar refractivity (Wildman–Crippen MR) is 80.2 cm³/mol. The van der Waals surface area contributed by atoms with Crippen LogP contribution in [0.5, 0.6) is 0 Å². The average molecular weight is 284 g/mol. The number of hydrogen-bond acceptors (Lipinski definition) is 4. The van der Waals surface area contributed by atoms with Gasteiger partial charge in [-0.25, -0.2) is 0 Å². The summed E-state index contributed by atoms with van der Waals surface area (Å²) < 4.78 is 0. The van der Waals surface area contributed by atoms with Crippen LogP contribution in [0.25, 0.3) is 0 Å². The van der Waals surface area contributed by atoms with E-state index in [1.54, 1.807) is 12.1 Å². The topological polar surface area (TPSA) is 66.6 Å². The van der Waals surface area contributed by atoms with Crippen molar-refractivity contribution in [1.82, 2.24) is 0 Å². The number of aliphatic hydroxyl groups is 1. The van der Waals surface area contributed by atoms with Crippen molar-refractivity contribution in [3.05, 3.63) is 69.8 Å². The van der Waals surface area contributed by atoms with Gasteiger partial charge in [0.15, 0.2) is 0 Å². The highest BCUT2D eigenvalue weighted by atomic mass is 16.6. The van der Waals surface area contributed by atoms with Gasteiger partial charge in [0, 0.05) is 36.5 Å². The van der Waals surface area contributed by atoms with Crippen molar-refractivity contribution in [2.24, 2.45) is 0 Å². The zero-order valence-electron chi connectivity index (χ0n) is 11.5. The van der Waals surface area contributed by atoms with Gasteiger partial charge in [0.2, 0.25) is 0 Å². The maximum Gasteiger partial charge on any atom is 0.269 e. The van der Waals surface area contributed by atoms with Crippen molar-refractivity contribution in [3.8, 4) is 0 Å². The van der Waals surface area contributed by atoms with Crippen molar-refractivity contribution in [2.45, 2.75) is 19.1 Å². The number of non-ortho nitro benzene ring substituents is 1. The van der Waals surface area contributed by atoms with Crippen LogP contribution < -0.4 is 4.90 Å². The third kappa shape index (κ3) is 2.73. The van der Waals surface area contributed by atoms with Crippen LogP contribution in [-0.4, -0.2) is 16.6 Å². The summed E-state index contributed by atoms with van der Waals surface area (Å²) in [6.07, 6.45) is 0.244. The Morgan fingerprint density at radius 2 is 2.05 bits per heavy atom. The molecule has 0 aromatic heterocycles. The van der Waals surface area contributed by atoms with Gasteiger partial charge in [-0.1, -0.05) is 30.3 Å². The van der Waals surface area contributed by atoms with Crippen molar-refractivity contribution < 1.29 is 10.0 Å². The van der Waals surface area contributed by atoms with E-state index in [4.69, 9.17) is 0 Å². The fourth-order valence-electron chi connectivity index (χ4n) is 2.76. The third-order valence-electron chi connectivity index (χ3n) is 3.80. The number of benzene rings is 2. The minimum atomic E-state index is -0.428. The minimum absolute atomic E-state index is 0.109. The molecule has 1 atom stereocenters. The summed E-state index contributed by atoms with van der Waals surface area (Å²) in [6, 6.07) is 14.5. The summed E-state index contributed by atoms with van der Waals surface area (Å²) in [5.41, 5.74) is 2.94. The van der Waals surface area contributed by atoms with E-state index < -0.39 is 6.10 Å². The third-order valence-corrected chi connectivity index (χ3v) is 3.80. The smallest absolute Gasteiger partial charge is 0.269 e. The van der Waals surface area contributed by atoms with Crippen molar-refractivity contribution >= 4 is 11.4 Å². The second-order valence-electron chi connectivity index (χ2n) is 5.21. The molecule has 5 nitrogen and oxygen atoms in total. The molecule has 0 radical (unpaired) electrons. The number of nitro groups is 1. The molecule has 0 aliphatic carbocycles. The Labute approximate surface area is 122 Å². The number of aliphatic hydroxyl groups excluding tert-OH is 1. The number of nitrogens with zero attached hydrogens (tertiary/aromatic N) is 2. The van der Waals surface area contributed by atoms with Gasteiger partial charge in [-0.3, -0.25) is 10.1 Å². The summed E-state index contributed by atoms with van der Waals surface area (Å²) in [4.78, 5) is 12.6. The van der Waals surface area contributed by atoms with Gasteiger partial charge in [0.05, 0.1) is 11.0 Å². The van der Waals surface area contributed by atoms with Crippen LogP contribution in [0.2, 0.25) is 0 Å². The quantitative estimate of drug-likeness (QED) is 0.695. The average Bonchev–Trinajstić information content (AvgIpc) is 2.51. The van der Waals surface area contributed by atoms with E-state index >= 15 is 0 Å². The maximum absolute atomic E-state index is 10.8. The van der Waals surface area contributed by atoms with Crippen molar-refractivity contribution in [2.75, 3.05) is 11.4 Å². The van der Waals surface area contributed by atoms with Gasteiger partial charge in [0.1, 0.15) is 0 Å². The normalized spacial score (nSPS) is 17.4. The molecule has 0 saturated heterocycles. The molecule has 0 saturated carbocycles. The molecular formula is C16H16N2O3. The Kier molecular flexibility index (Phi) is 3.58. The Morgan fingerprint density at radius 1 is 1.24 bits per heavy atom. The van der Waals surface area contributed by atoms with E-state index in [0.29, 0.717) is 13.0 Å². The van der Waals surface area contributed by atoms with Crippen LogP contribution in [0.1, 0.15) is 23.7 Å². The Bertz CT molecular complexity index is 672. The number of para-hydroxylation sites is 1. The highest BCUT2D eigenvalue weighted by Crippen LogP contribution is 2.34. The summed E-state index contributed by atoms with van der Waals surface area (Å²) in [7, 11) is 0. The number of fused-ring (bicyclic) bond motifs is 1. The summed E-state index contributed by atoms with van der Waals surface area (Å²) in [5.74, 6) is 0. The highest BCUT2D eigenvalue weighted by Gasteiger charge is 2.23. The molecule has 0 spiro atoms. The molecule has 1 unspecified atom stereocenters. The fraction of sp³-hybridized carbons (Fsp3) is 0.250. The van der Waals surface area contributed by atoms with Gasteiger partial charge in [-0.2, -0.15) is 0 Å². The Balaban J connectivity index is 1.87. The van der Waals surface area contributed by atoms with Crippen LogP contribution in [-0.2, 0) is 6.54 Å².